The van der Waals surface area contributed by atoms with Crippen LogP contribution < -0.4 is 15.2 Å². The molecule has 1 aliphatic rings. The number of rotatable bonds is 5. The first-order valence-electron chi connectivity index (χ1n) is 8.43. The first kappa shape index (κ1) is 20.0. The number of nitriles is 1. The zero-order valence-corrected chi connectivity index (χ0v) is 16.8. The number of amidine groups is 2. The van der Waals surface area contributed by atoms with Crippen LogP contribution in [0.4, 0.5) is 0 Å². The molecule has 28 heavy (non-hydrogen) atoms. The van der Waals surface area contributed by atoms with Gasteiger partial charge in [-0.25, -0.2) is 4.99 Å². The summed E-state index contributed by atoms with van der Waals surface area (Å²) in [6.07, 6.45) is 0.418. The maximum atomic E-state index is 9.56. The third kappa shape index (κ3) is 4.06. The Morgan fingerprint density at radius 3 is 2.50 bits per heavy atom. The third-order valence-corrected chi connectivity index (χ3v) is 4.97. The van der Waals surface area contributed by atoms with Crippen LogP contribution in [0.15, 0.2) is 46.4 Å². The number of aliphatic imine (C=N–C) groups is 2. The van der Waals surface area contributed by atoms with Gasteiger partial charge in [0.25, 0.3) is 0 Å². The highest BCUT2D eigenvalue weighted by Crippen LogP contribution is 2.36. The van der Waals surface area contributed by atoms with Crippen molar-refractivity contribution < 1.29 is 9.47 Å². The standard InChI is InChI=1S/C20H18Cl2N4O2/c1-27-16-6-3-11(7-17(16)28-2)8-18-25-19(14(10-23)20(24)26-18)13-5-4-12(21)9-15(13)22/h3-7,9,14,19H,8H2,1-2H3,(H2,24,25,26)/t14-,19-/m0/s1. The van der Waals surface area contributed by atoms with Gasteiger partial charge in [-0.05, 0) is 35.4 Å². The number of ether oxygens (including phenoxy) is 2. The fourth-order valence-electron chi connectivity index (χ4n) is 3.03. The Labute approximate surface area is 173 Å². The summed E-state index contributed by atoms with van der Waals surface area (Å²) < 4.78 is 10.6. The molecule has 2 aromatic rings. The molecule has 144 valence electrons. The highest BCUT2D eigenvalue weighted by atomic mass is 35.5. The van der Waals surface area contributed by atoms with Gasteiger partial charge < -0.3 is 15.2 Å². The Balaban J connectivity index is 1.97. The van der Waals surface area contributed by atoms with Gasteiger partial charge >= 0.3 is 0 Å². The van der Waals surface area contributed by atoms with Crippen LogP contribution in [0.3, 0.4) is 0 Å². The van der Waals surface area contributed by atoms with Gasteiger partial charge in [0.2, 0.25) is 0 Å². The normalized spacial score (nSPS) is 18.7. The largest absolute Gasteiger partial charge is 0.493 e. The van der Waals surface area contributed by atoms with Gasteiger partial charge in [0.1, 0.15) is 23.6 Å². The summed E-state index contributed by atoms with van der Waals surface area (Å²) in [6, 6.07) is 12.3. The number of hydrogen-bond acceptors (Lipinski definition) is 6. The van der Waals surface area contributed by atoms with Crippen LogP contribution in [0, 0.1) is 17.2 Å². The number of nitrogens with zero attached hydrogens (tertiary/aromatic N) is 3. The molecular weight excluding hydrogens is 399 g/mol. The van der Waals surface area contributed by atoms with Gasteiger partial charge in [0, 0.05) is 16.5 Å². The second kappa shape index (κ2) is 8.51. The van der Waals surface area contributed by atoms with E-state index in [9.17, 15) is 5.26 Å². The fourth-order valence-corrected chi connectivity index (χ4v) is 3.55. The molecule has 0 bridgehead atoms. The summed E-state index contributed by atoms with van der Waals surface area (Å²) in [7, 11) is 3.15. The smallest absolute Gasteiger partial charge is 0.161 e. The SMILES string of the molecule is COc1ccc(CC2=N[C@@H](c3ccc(Cl)cc3Cl)[C@H](C#N)C(N)=N2)cc1OC. The highest BCUT2D eigenvalue weighted by molar-refractivity contribution is 6.35. The topological polar surface area (TPSA) is 93.0 Å². The summed E-state index contributed by atoms with van der Waals surface area (Å²) >= 11 is 12.3. The molecule has 1 heterocycles. The molecule has 0 unspecified atom stereocenters. The summed E-state index contributed by atoms with van der Waals surface area (Å²) in [5, 5.41) is 10.5. The molecule has 0 spiro atoms. The second-order valence-corrected chi connectivity index (χ2v) is 7.01. The molecule has 0 saturated carbocycles. The first-order valence-corrected chi connectivity index (χ1v) is 9.18. The average Bonchev–Trinajstić information content (AvgIpc) is 2.67. The maximum Gasteiger partial charge on any atom is 0.161 e. The van der Waals surface area contributed by atoms with Gasteiger partial charge in [-0.1, -0.05) is 35.3 Å². The summed E-state index contributed by atoms with van der Waals surface area (Å²) in [6.45, 7) is 0. The lowest BCUT2D eigenvalue weighted by atomic mass is 9.92. The van der Waals surface area contributed by atoms with Crippen LogP contribution in [-0.4, -0.2) is 25.9 Å². The second-order valence-electron chi connectivity index (χ2n) is 6.17. The lowest BCUT2D eigenvalue weighted by Gasteiger charge is -2.24. The van der Waals surface area contributed by atoms with Crippen molar-refractivity contribution in [3.8, 4) is 17.6 Å². The Morgan fingerprint density at radius 2 is 1.86 bits per heavy atom. The van der Waals surface area contributed by atoms with E-state index in [1.807, 2.05) is 18.2 Å². The molecule has 6 nitrogen and oxygen atoms in total. The molecule has 2 N–H and O–H groups in total. The Hall–Kier alpha value is -2.75. The van der Waals surface area contributed by atoms with Gasteiger partial charge in [-0.2, -0.15) is 5.26 Å². The molecular formula is C20H18Cl2N4O2. The van der Waals surface area contributed by atoms with E-state index in [0.717, 1.165) is 5.56 Å². The molecule has 0 amide bonds. The van der Waals surface area contributed by atoms with E-state index in [0.29, 0.717) is 39.4 Å². The van der Waals surface area contributed by atoms with Crippen molar-refractivity contribution in [2.24, 2.45) is 21.6 Å². The lowest BCUT2D eigenvalue weighted by molar-refractivity contribution is 0.354. The summed E-state index contributed by atoms with van der Waals surface area (Å²) in [5.41, 5.74) is 7.68. The highest BCUT2D eigenvalue weighted by Gasteiger charge is 2.31. The van der Waals surface area contributed by atoms with Crippen molar-refractivity contribution in [3.63, 3.8) is 0 Å². The van der Waals surface area contributed by atoms with Crippen LogP contribution in [0.2, 0.25) is 10.0 Å². The Bertz CT molecular complexity index is 998. The van der Waals surface area contributed by atoms with Gasteiger partial charge in [0.05, 0.1) is 20.3 Å². The zero-order chi connectivity index (χ0) is 20.3. The first-order chi connectivity index (χ1) is 13.5. The molecule has 0 aliphatic carbocycles. The van der Waals surface area contributed by atoms with E-state index < -0.39 is 12.0 Å². The molecule has 0 saturated heterocycles. The van der Waals surface area contributed by atoms with Crippen molar-refractivity contribution in [2.45, 2.75) is 12.5 Å². The van der Waals surface area contributed by atoms with Crippen LogP contribution in [0.25, 0.3) is 0 Å². The van der Waals surface area contributed by atoms with E-state index in [2.05, 4.69) is 16.1 Å². The Morgan fingerprint density at radius 1 is 1.11 bits per heavy atom. The van der Waals surface area contributed by atoms with Gasteiger partial charge in [0.15, 0.2) is 11.5 Å². The monoisotopic (exact) mass is 416 g/mol. The van der Waals surface area contributed by atoms with Crippen LogP contribution in [0.5, 0.6) is 11.5 Å². The molecule has 2 atom stereocenters. The summed E-state index contributed by atoms with van der Waals surface area (Å²) in [4.78, 5) is 9.00. The number of halogens is 2. The predicted octanol–water partition coefficient (Wildman–Crippen LogP) is 4.20. The number of nitrogens with two attached hydrogens (primary N) is 1. The van der Waals surface area contributed by atoms with E-state index in [1.165, 1.54) is 0 Å². The van der Waals surface area contributed by atoms with Gasteiger partial charge in [-0.3, -0.25) is 4.99 Å². The third-order valence-electron chi connectivity index (χ3n) is 4.41. The maximum absolute atomic E-state index is 9.56. The van der Waals surface area contributed by atoms with E-state index in [-0.39, 0.29) is 5.84 Å². The molecule has 0 fully saturated rings. The molecule has 0 aromatic heterocycles. The molecule has 0 radical (unpaired) electrons. The number of methoxy groups -OCH3 is 2. The van der Waals surface area contributed by atoms with Crippen LogP contribution in [0.1, 0.15) is 17.2 Å². The average molecular weight is 417 g/mol. The van der Waals surface area contributed by atoms with Crippen LogP contribution in [-0.2, 0) is 6.42 Å². The molecule has 1 aliphatic heterocycles. The lowest BCUT2D eigenvalue weighted by Crippen LogP contribution is -2.32. The van der Waals surface area contributed by atoms with Crippen molar-refractivity contribution in [1.82, 2.24) is 0 Å². The number of benzene rings is 2. The molecule has 2 aromatic carbocycles. The fraction of sp³-hybridized carbons (Fsp3) is 0.250. The molecule has 8 heteroatoms. The van der Waals surface area contributed by atoms with Crippen molar-refractivity contribution in [1.29, 1.82) is 5.26 Å². The van der Waals surface area contributed by atoms with Crippen LogP contribution >= 0.6 is 23.2 Å². The van der Waals surface area contributed by atoms with E-state index >= 15 is 0 Å². The minimum atomic E-state index is -0.701. The quantitative estimate of drug-likeness (QED) is 0.789. The summed E-state index contributed by atoms with van der Waals surface area (Å²) in [5.74, 6) is 1.26. The molecule has 3 rings (SSSR count). The van der Waals surface area contributed by atoms with E-state index in [1.54, 1.807) is 32.4 Å². The van der Waals surface area contributed by atoms with E-state index in [4.69, 9.17) is 38.4 Å². The van der Waals surface area contributed by atoms with Crippen molar-refractivity contribution in [3.05, 3.63) is 57.6 Å². The Kier molecular flexibility index (Phi) is 6.08. The van der Waals surface area contributed by atoms with Gasteiger partial charge in [-0.15, -0.1) is 0 Å². The van der Waals surface area contributed by atoms with Crippen molar-refractivity contribution in [2.75, 3.05) is 14.2 Å². The number of hydrogen-bond donors (Lipinski definition) is 1. The minimum absolute atomic E-state index is 0.212. The minimum Gasteiger partial charge on any atom is -0.493 e. The zero-order valence-electron chi connectivity index (χ0n) is 15.3. The predicted molar refractivity (Wildman–Crippen MR) is 111 cm³/mol. The van der Waals surface area contributed by atoms with Crippen molar-refractivity contribution >= 4 is 34.9 Å².